The van der Waals surface area contributed by atoms with Gasteiger partial charge < -0.3 is 4.42 Å². The van der Waals surface area contributed by atoms with E-state index in [1.807, 2.05) is 42.5 Å². The normalized spacial score (nSPS) is 10.9. The Morgan fingerprint density at radius 2 is 1.71 bits per heavy atom. The molecule has 0 spiro atoms. The molecule has 0 amide bonds. The second kappa shape index (κ2) is 5.41. The average molecular weight is 276 g/mol. The fraction of sp³-hybridized carbons (Fsp3) is 0.105. The van der Waals surface area contributed by atoms with Gasteiger partial charge in [-0.1, -0.05) is 30.4 Å². The summed E-state index contributed by atoms with van der Waals surface area (Å²) in [5.41, 5.74) is 3.36. The maximum absolute atomic E-state index is 12.8. The molecule has 0 radical (unpaired) electrons. The number of allylic oxidation sites excluding steroid dienone is 2. The molecule has 2 aromatic carbocycles. The zero-order chi connectivity index (χ0) is 14.8. The molecule has 1 heterocycles. The van der Waals surface area contributed by atoms with E-state index in [9.17, 15) is 4.79 Å². The molecule has 104 valence electrons. The Hall–Kier alpha value is -2.61. The molecule has 0 saturated heterocycles. The van der Waals surface area contributed by atoms with Crippen LogP contribution in [0.25, 0.3) is 21.9 Å². The summed E-state index contributed by atoms with van der Waals surface area (Å²) in [6.45, 7) is 7.58. The van der Waals surface area contributed by atoms with Crippen molar-refractivity contribution in [3.05, 3.63) is 83.1 Å². The molecule has 0 unspecified atom stereocenters. The van der Waals surface area contributed by atoms with Crippen LogP contribution >= 0.6 is 0 Å². The molecule has 1 aromatic heterocycles. The Labute approximate surface area is 123 Å². The van der Waals surface area contributed by atoms with Crippen molar-refractivity contribution in [2.24, 2.45) is 0 Å². The van der Waals surface area contributed by atoms with Crippen LogP contribution in [0.1, 0.15) is 11.1 Å². The van der Waals surface area contributed by atoms with Gasteiger partial charge in [0.05, 0.1) is 10.8 Å². The van der Waals surface area contributed by atoms with Crippen LogP contribution in [0.3, 0.4) is 0 Å². The van der Waals surface area contributed by atoms with E-state index >= 15 is 0 Å². The molecule has 0 fully saturated rings. The summed E-state index contributed by atoms with van der Waals surface area (Å²) in [7, 11) is 0. The Balaban J connectivity index is 2.48. The van der Waals surface area contributed by atoms with Gasteiger partial charge in [-0.25, -0.2) is 0 Å². The van der Waals surface area contributed by atoms with Crippen LogP contribution in [-0.4, -0.2) is 0 Å². The lowest BCUT2D eigenvalue weighted by Crippen LogP contribution is -2.07. The van der Waals surface area contributed by atoms with Crippen molar-refractivity contribution in [3.63, 3.8) is 0 Å². The van der Waals surface area contributed by atoms with Crippen molar-refractivity contribution in [1.29, 1.82) is 0 Å². The topological polar surface area (TPSA) is 30.2 Å². The van der Waals surface area contributed by atoms with Crippen molar-refractivity contribution in [3.8, 4) is 0 Å². The van der Waals surface area contributed by atoms with Crippen LogP contribution in [0.4, 0.5) is 0 Å². The standard InChI is InChI=1S/C19H16O2/c1-3-7-13-11-12-17-18(14(13)8-4-2)19(20)15-9-5-6-10-16(15)21-17/h3-6,9-12H,1-2,7-8H2. The summed E-state index contributed by atoms with van der Waals surface area (Å²) in [6.07, 6.45) is 5.03. The molecule has 0 atom stereocenters. The van der Waals surface area contributed by atoms with Gasteiger partial charge in [0.25, 0.3) is 0 Å². The third kappa shape index (κ3) is 2.19. The zero-order valence-electron chi connectivity index (χ0n) is 11.8. The maximum atomic E-state index is 12.8. The van der Waals surface area contributed by atoms with E-state index in [1.54, 1.807) is 6.07 Å². The number of fused-ring (bicyclic) bond motifs is 2. The van der Waals surface area contributed by atoms with E-state index in [0.717, 1.165) is 17.5 Å². The van der Waals surface area contributed by atoms with Crippen LogP contribution in [-0.2, 0) is 12.8 Å². The summed E-state index contributed by atoms with van der Waals surface area (Å²) < 4.78 is 5.89. The lowest BCUT2D eigenvalue weighted by Gasteiger charge is -2.10. The highest BCUT2D eigenvalue weighted by Crippen LogP contribution is 2.25. The van der Waals surface area contributed by atoms with Gasteiger partial charge in [-0.3, -0.25) is 4.79 Å². The first-order chi connectivity index (χ1) is 10.3. The maximum Gasteiger partial charge on any atom is 0.200 e. The van der Waals surface area contributed by atoms with Crippen LogP contribution in [0.15, 0.2) is 70.9 Å². The molecule has 3 aromatic rings. The predicted molar refractivity (Wildman–Crippen MR) is 87.8 cm³/mol. The summed E-state index contributed by atoms with van der Waals surface area (Å²) in [4.78, 5) is 12.8. The van der Waals surface area contributed by atoms with Gasteiger partial charge in [-0.05, 0) is 42.2 Å². The second-order valence-electron chi connectivity index (χ2n) is 4.99. The van der Waals surface area contributed by atoms with E-state index in [2.05, 4.69) is 13.2 Å². The minimum Gasteiger partial charge on any atom is -0.456 e. The summed E-state index contributed by atoms with van der Waals surface area (Å²) in [5.74, 6) is 0. The molecule has 0 aliphatic heterocycles. The molecule has 21 heavy (non-hydrogen) atoms. The first-order valence-electron chi connectivity index (χ1n) is 6.94. The van der Waals surface area contributed by atoms with Gasteiger partial charge in [0.15, 0.2) is 0 Å². The van der Waals surface area contributed by atoms with Crippen molar-refractivity contribution >= 4 is 21.9 Å². The van der Waals surface area contributed by atoms with E-state index in [1.165, 1.54) is 0 Å². The Bertz CT molecular complexity index is 900. The van der Waals surface area contributed by atoms with E-state index in [0.29, 0.717) is 28.4 Å². The van der Waals surface area contributed by atoms with Crippen molar-refractivity contribution in [2.45, 2.75) is 12.8 Å². The van der Waals surface area contributed by atoms with Crippen LogP contribution in [0.2, 0.25) is 0 Å². The molecule has 2 heteroatoms. The van der Waals surface area contributed by atoms with Crippen molar-refractivity contribution in [1.82, 2.24) is 0 Å². The first kappa shape index (κ1) is 13.4. The highest BCUT2D eigenvalue weighted by molar-refractivity contribution is 5.92. The first-order valence-corrected chi connectivity index (χ1v) is 6.94. The molecular formula is C19H16O2. The van der Waals surface area contributed by atoms with Crippen LogP contribution in [0.5, 0.6) is 0 Å². The van der Waals surface area contributed by atoms with Gasteiger partial charge in [0.2, 0.25) is 5.43 Å². The molecule has 0 aliphatic carbocycles. The van der Waals surface area contributed by atoms with Gasteiger partial charge in [-0.2, -0.15) is 0 Å². The highest BCUT2D eigenvalue weighted by Gasteiger charge is 2.13. The lowest BCUT2D eigenvalue weighted by atomic mass is 9.96. The highest BCUT2D eigenvalue weighted by atomic mass is 16.3. The van der Waals surface area contributed by atoms with Gasteiger partial charge >= 0.3 is 0 Å². The largest absolute Gasteiger partial charge is 0.456 e. The summed E-state index contributed by atoms with van der Waals surface area (Å²) >= 11 is 0. The molecule has 0 aliphatic rings. The monoisotopic (exact) mass is 276 g/mol. The number of benzene rings is 2. The Kier molecular flexibility index (Phi) is 3.44. The smallest absolute Gasteiger partial charge is 0.200 e. The molecule has 0 saturated carbocycles. The van der Waals surface area contributed by atoms with E-state index < -0.39 is 0 Å². The minimum absolute atomic E-state index is 0.0228. The third-order valence-corrected chi connectivity index (χ3v) is 3.66. The Morgan fingerprint density at radius 1 is 0.952 bits per heavy atom. The van der Waals surface area contributed by atoms with Gasteiger partial charge in [0, 0.05) is 0 Å². The summed E-state index contributed by atoms with van der Waals surface area (Å²) in [6, 6.07) is 11.2. The Morgan fingerprint density at radius 3 is 2.48 bits per heavy atom. The fourth-order valence-electron chi connectivity index (χ4n) is 2.72. The number of rotatable bonds is 4. The number of para-hydroxylation sites is 1. The van der Waals surface area contributed by atoms with Crippen molar-refractivity contribution in [2.75, 3.05) is 0 Å². The fourth-order valence-corrected chi connectivity index (χ4v) is 2.72. The molecule has 0 N–H and O–H groups in total. The molecule has 2 nitrogen and oxygen atoms in total. The number of hydrogen-bond acceptors (Lipinski definition) is 2. The molecule has 3 rings (SSSR count). The molecular weight excluding hydrogens is 260 g/mol. The van der Waals surface area contributed by atoms with E-state index in [-0.39, 0.29) is 5.43 Å². The lowest BCUT2D eigenvalue weighted by molar-refractivity contribution is 0.659. The average Bonchev–Trinajstić information content (AvgIpc) is 2.50. The zero-order valence-corrected chi connectivity index (χ0v) is 11.8. The van der Waals surface area contributed by atoms with Gasteiger partial charge in [-0.15, -0.1) is 13.2 Å². The SMILES string of the molecule is C=CCc1ccc2oc3ccccc3c(=O)c2c1CC=C. The van der Waals surface area contributed by atoms with Gasteiger partial charge in [0.1, 0.15) is 11.2 Å². The van der Waals surface area contributed by atoms with Crippen LogP contribution in [0, 0.1) is 0 Å². The predicted octanol–water partition coefficient (Wildman–Crippen LogP) is 4.40. The molecule has 0 bridgehead atoms. The van der Waals surface area contributed by atoms with Crippen molar-refractivity contribution < 1.29 is 4.42 Å². The summed E-state index contributed by atoms with van der Waals surface area (Å²) in [5, 5.41) is 1.28. The van der Waals surface area contributed by atoms with E-state index in [4.69, 9.17) is 4.42 Å². The minimum atomic E-state index is 0.0228. The second-order valence-corrected chi connectivity index (χ2v) is 4.99. The number of hydrogen-bond donors (Lipinski definition) is 0. The van der Waals surface area contributed by atoms with Crippen LogP contribution < -0.4 is 5.43 Å². The third-order valence-electron chi connectivity index (χ3n) is 3.66. The quantitative estimate of drug-likeness (QED) is 0.522.